The van der Waals surface area contributed by atoms with E-state index in [0.29, 0.717) is 0 Å². The van der Waals surface area contributed by atoms with Gasteiger partial charge in [0.1, 0.15) is 16.4 Å². The first-order chi connectivity index (χ1) is 14.0. The van der Waals surface area contributed by atoms with Crippen molar-refractivity contribution in [2.75, 3.05) is 5.73 Å². The molecule has 30 heavy (non-hydrogen) atoms. The van der Waals surface area contributed by atoms with E-state index in [9.17, 15) is 22.0 Å². The molecular weight excluding hydrogens is 496 g/mol. The molecule has 4 nitrogen and oxygen atoms in total. The summed E-state index contributed by atoms with van der Waals surface area (Å²) in [7, 11) is 0. The number of nitrogen functional groups attached to an aromatic ring is 1. The molecule has 3 rings (SSSR count). The molecule has 0 aliphatic carbocycles. The Morgan fingerprint density at radius 3 is 2.10 bits per heavy atom. The minimum atomic E-state index is -4.51. The lowest BCUT2D eigenvalue weighted by atomic mass is 10.2. The van der Waals surface area contributed by atoms with Crippen molar-refractivity contribution < 1.29 is 26.7 Å². The zero-order valence-corrected chi connectivity index (χ0v) is 17.4. The molecule has 0 fully saturated rings. The maximum atomic E-state index is 12.9. The third kappa shape index (κ3) is 4.88. The molecule has 13 heteroatoms. The highest BCUT2D eigenvalue weighted by Gasteiger charge is 2.30. The van der Waals surface area contributed by atoms with E-state index in [2.05, 4.69) is 9.84 Å². The van der Waals surface area contributed by atoms with Gasteiger partial charge < -0.3 is 10.5 Å². The fourth-order valence-corrected chi connectivity index (χ4v) is 4.24. The highest BCUT2D eigenvalue weighted by Crippen LogP contribution is 2.43. The number of hydrogen-bond acceptors (Lipinski definition) is 4. The number of ether oxygens (including phenoxy) is 1. The van der Waals surface area contributed by atoms with Crippen molar-refractivity contribution in [1.82, 2.24) is 9.78 Å². The molecule has 0 saturated heterocycles. The van der Waals surface area contributed by atoms with Crippen molar-refractivity contribution in [1.29, 1.82) is 0 Å². The van der Waals surface area contributed by atoms with Crippen LogP contribution < -0.4 is 10.5 Å². The van der Waals surface area contributed by atoms with Crippen LogP contribution in [0.5, 0.6) is 5.88 Å². The van der Waals surface area contributed by atoms with Crippen LogP contribution in [-0.4, -0.2) is 16.4 Å². The van der Waals surface area contributed by atoms with E-state index in [1.165, 1.54) is 24.3 Å². The van der Waals surface area contributed by atoms with Crippen LogP contribution in [0.25, 0.3) is 5.69 Å². The lowest BCUT2D eigenvalue weighted by molar-refractivity contribution is -0.137. The zero-order valence-electron chi connectivity index (χ0n) is 14.4. The number of aromatic nitrogens is 2. The van der Waals surface area contributed by atoms with Crippen molar-refractivity contribution >= 4 is 52.4 Å². The SMILES string of the molecule is Nc1c(Sc2ccc(C(F)(F)F)cc2)c(OC(F)F)nn1-c1c(Cl)cc(Cl)cc1Cl. The van der Waals surface area contributed by atoms with Gasteiger partial charge in [0.15, 0.2) is 0 Å². The van der Waals surface area contributed by atoms with Gasteiger partial charge in [-0.05, 0) is 36.4 Å². The highest BCUT2D eigenvalue weighted by molar-refractivity contribution is 7.99. The van der Waals surface area contributed by atoms with Crippen LogP contribution >= 0.6 is 46.6 Å². The van der Waals surface area contributed by atoms with Gasteiger partial charge in [0, 0.05) is 9.92 Å². The Hall–Kier alpha value is -1.88. The average molecular weight is 505 g/mol. The van der Waals surface area contributed by atoms with E-state index in [1.54, 1.807) is 0 Å². The quantitative estimate of drug-likeness (QED) is 0.374. The lowest BCUT2D eigenvalue weighted by Crippen LogP contribution is -2.05. The predicted molar refractivity (Wildman–Crippen MR) is 105 cm³/mol. The van der Waals surface area contributed by atoms with Gasteiger partial charge in [-0.15, -0.1) is 5.10 Å². The maximum absolute atomic E-state index is 12.9. The largest absolute Gasteiger partial charge is 0.416 e. The summed E-state index contributed by atoms with van der Waals surface area (Å²) in [5.41, 5.74) is 5.27. The Morgan fingerprint density at radius 1 is 1.03 bits per heavy atom. The molecule has 2 aromatic carbocycles. The molecule has 1 heterocycles. The third-order valence-electron chi connectivity index (χ3n) is 3.64. The van der Waals surface area contributed by atoms with Gasteiger partial charge >= 0.3 is 12.8 Å². The van der Waals surface area contributed by atoms with Gasteiger partial charge in [0.05, 0.1) is 15.6 Å². The summed E-state index contributed by atoms with van der Waals surface area (Å²) < 4.78 is 69.3. The molecule has 2 N–H and O–H groups in total. The van der Waals surface area contributed by atoms with Gasteiger partial charge in [0.2, 0.25) is 0 Å². The van der Waals surface area contributed by atoms with Gasteiger partial charge in [-0.3, -0.25) is 0 Å². The number of nitrogens with two attached hydrogens (primary N) is 1. The Labute approximate surface area is 185 Å². The first-order valence-electron chi connectivity index (χ1n) is 7.80. The normalized spacial score (nSPS) is 11.9. The van der Waals surface area contributed by atoms with E-state index < -0.39 is 24.2 Å². The topological polar surface area (TPSA) is 53.1 Å². The van der Waals surface area contributed by atoms with Crippen molar-refractivity contribution in [2.45, 2.75) is 22.6 Å². The fraction of sp³-hybridized carbons (Fsp3) is 0.118. The Bertz CT molecular complexity index is 1050. The molecular formula is C17H9Cl3F5N3OS. The van der Waals surface area contributed by atoms with E-state index in [4.69, 9.17) is 40.5 Å². The van der Waals surface area contributed by atoms with Crippen LogP contribution in [0, 0.1) is 0 Å². The van der Waals surface area contributed by atoms with Crippen LogP contribution in [-0.2, 0) is 6.18 Å². The van der Waals surface area contributed by atoms with Crippen LogP contribution in [0.1, 0.15) is 5.56 Å². The predicted octanol–water partition coefficient (Wildman–Crippen LogP) is 7.19. The number of rotatable bonds is 5. The number of nitrogens with zero attached hydrogens (tertiary/aromatic N) is 2. The number of hydrogen-bond donors (Lipinski definition) is 1. The molecule has 0 bridgehead atoms. The Balaban J connectivity index is 2.06. The minimum Gasteiger partial charge on any atom is -0.414 e. The first-order valence-corrected chi connectivity index (χ1v) is 9.75. The molecule has 0 aliphatic rings. The maximum Gasteiger partial charge on any atom is 0.416 e. The summed E-state index contributed by atoms with van der Waals surface area (Å²) in [6, 6.07) is 6.73. The second-order valence-corrected chi connectivity index (χ2v) is 7.99. The number of anilines is 1. The summed E-state index contributed by atoms with van der Waals surface area (Å²) in [6.07, 6.45) is -4.51. The van der Waals surface area contributed by atoms with Crippen LogP contribution in [0.3, 0.4) is 0 Å². The Kier molecular flexibility index (Phi) is 6.61. The molecule has 0 saturated carbocycles. The Morgan fingerprint density at radius 2 is 1.60 bits per heavy atom. The lowest BCUT2D eigenvalue weighted by Gasteiger charge is -2.10. The zero-order chi connectivity index (χ0) is 22.2. The van der Waals surface area contributed by atoms with E-state index in [0.717, 1.165) is 28.6 Å². The smallest absolute Gasteiger partial charge is 0.414 e. The summed E-state index contributed by atoms with van der Waals surface area (Å²) in [6.45, 7) is -3.23. The van der Waals surface area contributed by atoms with Crippen LogP contribution in [0.4, 0.5) is 27.8 Å². The molecule has 0 radical (unpaired) electrons. The minimum absolute atomic E-state index is 0.0383. The molecule has 0 atom stereocenters. The van der Waals surface area contributed by atoms with E-state index in [1.807, 2.05) is 0 Å². The van der Waals surface area contributed by atoms with Gasteiger partial charge in [-0.25, -0.2) is 4.68 Å². The molecule has 160 valence electrons. The van der Waals surface area contributed by atoms with Crippen molar-refractivity contribution in [3.05, 3.63) is 57.0 Å². The standard InChI is InChI=1S/C17H9Cl3F5N3OS/c18-8-5-10(19)12(11(20)6-8)28-14(26)13(15(27-28)29-16(21)22)30-9-3-1-7(2-4-9)17(23,24)25/h1-6,16H,26H2. The summed E-state index contributed by atoms with van der Waals surface area (Å²) >= 11 is 18.9. The monoisotopic (exact) mass is 503 g/mol. The molecule has 0 unspecified atom stereocenters. The summed E-state index contributed by atoms with van der Waals surface area (Å²) in [5, 5.41) is 4.20. The molecule has 0 amide bonds. The highest BCUT2D eigenvalue weighted by atomic mass is 35.5. The van der Waals surface area contributed by atoms with Gasteiger partial charge in [-0.1, -0.05) is 46.6 Å². The first kappa shape index (κ1) is 22.8. The second-order valence-electron chi connectivity index (χ2n) is 5.65. The molecule has 0 aliphatic heterocycles. The summed E-state index contributed by atoms with van der Waals surface area (Å²) in [4.78, 5) is 0.221. The molecule has 3 aromatic rings. The van der Waals surface area contributed by atoms with E-state index >= 15 is 0 Å². The van der Waals surface area contributed by atoms with Crippen molar-refractivity contribution in [3.63, 3.8) is 0 Å². The van der Waals surface area contributed by atoms with Crippen LogP contribution in [0.15, 0.2) is 46.2 Å². The average Bonchev–Trinajstić information content (AvgIpc) is 2.89. The van der Waals surface area contributed by atoms with E-state index in [-0.39, 0.29) is 36.4 Å². The van der Waals surface area contributed by atoms with Crippen molar-refractivity contribution in [2.24, 2.45) is 0 Å². The molecule has 0 spiro atoms. The van der Waals surface area contributed by atoms with Gasteiger partial charge in [0.25, 0.3) is 5.88 Å². The number of benzene rings is 2. The fourth-order valence-electron chi connectivity index (χ4n) is 2.39. The van der Waals surface area contributed by atoms with Gasteiger partial charge in [-0.2, -0.15) is 22.0 Å². The summed E-state index contributed by atoms with van der Waals surface area (Å²) in [5.74, 6) is -0.712. The van der Waals surface area contributed by atoms with Crippen LogP contribution in [0.2, 0.25) is 15.1 Å². The van der Waals surface area contributed by atoms with Crippen molar-refractivity contribution in [3.8, 4) is 11.6 Å². The second kappa shape index (κ2) is 8.70. The molecule has 1 aromatic heterocycles. The third-order valence-corrected chi connectivity index (χ3v) is 5.53. The number of halogens is 8. The number of alkyl halides is 5.